The van der Waals surface area contributed by atoms with Crippen molar-refractivity contribution in [3.05, 3.63) is 0 Å². The Kier molecular flexibility index (Phi) is 3.71. The molecule has 0 aromatic heterocycles. The van der Waals surface area contributed by atoms with E-state index in [0.29, 0.717) is 13.1 Å². The predicted octanol–water partition coefficient (Wildman–Crippen LogP) is 1.97. The quantitative estimate of drug-likeness (QED) is 0.707. The molecule has 0 N–H and O–H groups in total. The number of hydrogen-bond donors (Lipinski definition) is 0. The molecule has 0 aromatic carbocycles. The highest BCUT2D eigenvalue weighted by Crippen LogP contribution is 2.22. The summed E-state index contributed by atoms with van der Waals surface area (Å²) in [6.45, 7) is 8.23. The molecule has 0 saturated carbocycles. The van der Waals surface area contributed by atoms with Gasteiger partial charge in [-0.2, -0.15) is 0 Å². The molecule has 2 atom stereocenters. The molecule has 15 heavy (non-hydrogen) atoms. The average Bonchev–Trinajstić information content (AvgIpc) is 2.48. The standard InChI is InChI=1S/C11H20FNO2/c1-8(12)15-9-5-6-13(7-9)10(14)11(2,3)4/h8-9H,5-7H2,1-4H3. The highest BCUT2D eigenvalue weighted by atomic mass is 19.1. The lowest BCUT2D eigenvalue weighted by atomic mass is 9.95. The molecular formula is C11H20FNO2. The first-order valence-corrected chi connectivity index (χ1v) is 5.39. The third-order valence-electron chi connectivity index (χ3n) is 2.45. The highest BCUT2D eigenvalue weighted by molar-refractivity contribution is 5.81. The Hall–Kier alpha value is -0.640. The maximum Gasteiger partial charge on any atom is 0.228 e. The fourth-order valence-electron chi connectivity index (χ4n) is 1.76. The van der Waals surface area contributed by atoms with E-state index < -0.39 is 6.36 Å². The predicted molar refractivity (Wildman–Crippen MR) is 56.1 cm³/mol. The molecule has 0 bridgehead atoms. The molecule has 1 aliphatic rings. The second-order valence-electron chi connectivity index (χ2n) is 5.09. The number of nitrogens with zero attached hydrogens (tertiary/aromatic N) is 1. The van der Waals surface area contributed by atoms with Crippen molar-refractivity contribution in [2.75, 3.05) is 13.1 Å². The number of rotatable bonds is 2. The van der Waals surface area contributed by atoms with Crippen LogP contribution in [0.1, 0.15) is 34.1 Å². The first-order chi connectivity index (χ1) is 6.80. The van der Waals surface area contributed by atoms with Crippen LogP contribution in [0.5, 0.6) is 0 Å². The number of halogens is 1. The lowest BCUT2D eigenvalue weighted by Gasteiger charge is -2.25. The van der Waals surface area contributed by atoms with Crippen LogP contribution in [-0.4, -0.2) is 36.4 Å². The van der Waals surface area contributed by atoms with Crippen LogP contribution in [0.15, 0.2) is 0 Å². The Labute approximate surface area is 90.6 Å². The number of likely N-dealkylation sites (tertiary alicyclic amines) is 1. The molecule has 4 heteroatoms. The lowest BCUT2D eigenvalue weighted by molar-refractivity contribution is -0.139. The molecule has 1 amide bonds. The number of ether oxygens (including phenoxy) is 1. The fraction of sp³-hybridized carbons (Fsp3) is 0.909. The van der Waals surface area contributed by atoms with Crippen LogP contribution in [-0.2, 0) is 9.53 Å². The molecule has 88 valence electrons. The minimum absolute atomic E-state index is 0.111. The molecular weight excluding hydrogens is 197 g/mol. The maximum absolute atomic E-state index is 12.6. The van der Waals surface area contributed by atoms with Crippen molar-refractivity contribution in [2.45, 2.75) is 46.6 Å². The van der Waals surface area contributed by atoms with Crippen LogP contribution in [0.25, 0.3) is 0 Å². The van der Waals surface area contributed by atoms with Crippen LogP contribution >= 0.6 is 0 Å². The van der Waals surface area contributed by atoms with Crippen molar-refractivity contribution in [2.24, 2.45) is 5.41 Å². The first-order valence-electron chi connectivity index (χ1n) is 5.39. The van der Waals surface area contributed by atoms with Gasteiger partial charge in [-0.25, -0.2) is 4.39 Å². The second kappa shape index (κ2) is 4.47. The topological polar surface area (TPSA) is 29.5 Å². The molecule has 0 aliphatic carbocycles. The lowest BCUT2D eigenvalue weighted by Crippen LogP contribution is -2.38. The van der Waals surface area contributed by atoms with Gasteiger partial charge in [-0.15, -0.1) is 0 Å². The summed E-state index contributed by atoms with van der Waals surface area (Å²) in [5.74, 6) is 0.111. The summed E-state index contributed by atoms with van der Waals surface area (Å²) in [7, 11) is 0. The molecule has 0 aromatic rings. The summed E-state index contributed by atoms with van der Waals surface area (Å²) in [6, 6.07) is 0. The van der Waals surface area contributed by atoms with Gasteiger partial charge in [0.25, 0.3) is 0 Å². The van der Waals surface area contributed by atoms with Crippen LogP contribution in [0.3, 0.4) is 0 Å². The fourth-order valence-corrected chi connectivity index (χ4v) is 1.76. The van der Waals surface area contributed by atoms with Gasteiger partial charge in [-0.3, -0.25) is 4.79 Å². The molecule has 1 rings (SSSR count). The Morgan fingerprint density at radius 1 is 1.53 bits per heavy atom. The third-order valence-corrected chi connectivity index (χ3v) is 2.45. The average molecular weight is 217 g/mol. The van der Waals surface area contributed by atoms with Gasteiger partial charge in [0.15, 0.2) is 6.36 Å². The van der Waals surface area contributed by atoms with Gasteiger partial charge in [0, 0.05) is 18.5 Å². The van der Waals surface area contributed by atoms with Crippen LogP contribution in [0, 0.1) is 5.41 Å². The van der Waals surface area contributed by atoms with Crippen LogP contribution in [0.4, 0.5) is 4.39 Å². The molecule has 0 radical (unpaired) electrons. The van der Waals surface area contributed by atoms with Crippen molar-refractivity contribution in [1.29, 1.82) is 0 Å². The van der Waals surface area contributed by atoms with Crippen molar-refractivity contribution >= 4 is 5.91 Å². The summed E-state index contributed by atoms with van der Waals surface area (Å²) in [5.41, 5.74) is -0.365. The zero-order valence-corrected chi connectivity index (χ0v) is 9.92. The Morgan fingerprint density at radius 3 is 2.60 bits per heavy atom. The van der Waals surface area contributed by atoms with E-state index in [-0.39, 0.29) is 17.4 Å². The number of hydrogen-bond acceptors (Lipinski definition) is 2. The zero-order valence-electron chi connectivity index (χ0n) is 9.92. The first kappa shape index (κ1) is 12.4. The summed E-state index contributed by atoms with van der Waals surface area (Å²) >= 11 is 0. The third kappa shape index (κ3) is 3.45. The van der Waals surface area contributed by atoms with E-state index in [4.69, 9.17) is 4.74 Å². The Bertz CT molecular complexity index is 235. The highest BCUT2D eigenvalue weighted by Gasteiger charge is 2.33. The van der Waals surface area contributed by atoms with Crippen LogP contribution < -0.4 is 0 Å². The Morgan fingerprint density at radius 2 is 2.13 bits per heavy atom. The number of alkyl halides is 1. The normalized spacial score (nSPS) is 24.3. The second-order valence-corrected chi connectivity index (χ2v) is 5.09. The van der Waals surface area contributed by atoms with E-state index in [1.165, 1.54) is 6.92 Å². The molecule has 3 nitrogen and oxygen atoms in total. The summed E-state index contributed by atoms with van der Waals surface area (Å²) in [6.07, 6.45) is -0.660. The molecule has 1 saturated heterocycles. The number of amides is 1. The van der Waals surface area contributed by atoms with Gasteiger partial charge in [0.05, 0.1) is 6.10 Å². The number of carbonyl (C=O) groups is 1. The van der Waals surface area contributed by atoms with E-state index in [1.807, 2.05) is 20.8 Å². The minimum Gasteiger partial charge on any atom is -0.343 e. The van der Waals surface area contributed by atoms with Crippen LogP contribution in [0.2, 0.25) is 0 Å². The van der Waals surface area contributed by atoms with Gasteiger partial charge < -0.3 is 9.64 Å². The molecule has 1 aliphatic heterocycles. The largest absolute Gasteiger partial charge is 0.343 e. The maximum atomic E-state index is 12.6. The van der Waals surface area contributed by atoms with Crippen molar-refractivity contribution in [3.63, 3.8) is 0 Å². The van der Waals surface area contributed by atoms with Crippen molar-refractivity contribution < 1.29 is 13.9 Å². The zero-order chi connectivity index (χ0) is 11.6. The van der Waals surface area contributed by atoms with Crippen molar-refractivity contribution in [3.8, 4) is 0 Å². The summed E-state index contributed by atoms with van der Waals surface area (Å²) in [4.78, 5) is 13.6. The minimum atomic E-state index is -1.25. The van der Waals surface area contributed by atoms with Gasteiger partial charge in [-0.05, 0) is 13.3 Å². The van der Waals surface area contributed by atoms with E-state index in [9.17, 15) is 9.18 Å². The smallest absolute Gasteiger partial charge is 0.228 e. The SMILES string of the molecule is CC(F)OC1CCN(C(=O)C(C)(C)C)C1. The van der Waals surface area contributed by atoms with Gasteiger partial charge in [0.2, 0.25) is 5.91 Å². The molecule has 2 unspecified atom stereocenters. The van der Waals surface area contributed by atoms with Gasteiger partial charge in [-0.1, -0.05) is 20.8 Å². The van der Waals surface area contributed by atoms with Gasteiger partial charge >= 0.3 is 0 Å². The number of carbonyl (C=O) groups excluding carboxylic acids is 1. The molecule has 1 fully saturated rings. The van der Waals surface area contributed by atoms with Crippen molar-refractivity contribution in [1.82, 2.24) is 4.90 Å². The molecule has 1 heterocycles. The van der Waals surface area contributed by atoms with E-state index >= 15 is 0 Å². The van der Waals surface area contributed by atoms with E-state index in [2.05, 4.69) is 0 Å². The Balaban J connectivity index is 2.46. The van der Waals surface area contributed by atoms with E-state index in [1.54, 1.807) is 4.90 Å². The summed E-state index contributed by atoms with van der Waals surface area (Å²) in [5, 5.41) is 0. The van der Waals surface area contributed by atoms with Gasteiger partial charge in [0.1, 0.15) is 0 Å². The monoisotopic (exact) mass is 217 g/mol. The molecule has 0 spiro atoms. The summed E-state index contributed by atoms with van der Waals surface area (Å²) < 4.78 is 17.6. The van der Waals surface area contributed by atoms with E-state index in [0.717, 1.165) is 6.42 Å².